The summed E-state index contributed by atoms with van der Waals surface area (Å²) in [5.41, 5.74) is 0. The smallest absolute Gasteiger partial charge is 0.0836 e. The van der Waals surface area contributed by atoms with Gasteiger partial charge in [-0.15, -0.1) is 0 Å². The molecule has 0 spiro atoms. The van der Waals surface area contributed by atoms with Gasteiger partial charge in [-0.25, -0.2) is 0 Å². The summed E-state index contributed by atoms with van der Waals surface area (Å²) in [5.74, 6) is 0.862. The van der Waals surface area contributed by atoms with Gasteiger partial charge in [0.25, 0.3) is 0 Å². The highest BCUT2D eigenvalue weighted by Gasteiger charge is 2.28. The van der Waals surface area contributed by atoms with Crippen molar-refractivity contribution in [3.05, 3.63) is 30.3 Å². The highest BCUT2D eigenvalue weighted by Crippen LogP contribution is 2.24. The van der Waals surface area contributed by atoms with E-state index in [0.717, 1.165) is 19.1 Å². The van der Waals surface area contributed by atoms with Crippen molar-refractivity contribution in [1.29, 1.82) is 0 Å². The van der Waals surface area contributed by atoms with Crippen LogP contribution in [0, 0.1) is 5.92 Å². The predicted molar refractivity (Wildman–Crippen MR) is 81.1 cm³/mol. The second kappa shape index (κ2) is 6.53. The Hall–Kier alpha value is -0.603. The number of rotatable bonds is 7. The van der Waals surface area contributed by atoms with E-state index in [1.165, 1.54) is 31.4 Å². The minimum absolute atomic E-state index is 0.862. The zero-order valence-corrected chi connectivity index (χ0v) is 12.8. The van der Waals surface area contributed by atoms with Gasteiger partial charge < -0.3 is 4.74 Å². The summed E-state index contributed by atoms with van der Waals surface area (Å²) >= 11 is 0. The first kappa shape index (κ1) is 13.8. The molecule has 1 saturated heterocycles. The first-order chi connectivity index (χ1) is 8.74. The van der Waals surface area contributed by atoms with E-state index in [-0.39, 0.29) is 0 Å². The topological polar surface area (TPSA) is 9.23 Å². The van der Waals surface area contributed by atoms with Gasteiger partial charge in [-0.2, -0.15) is 0 Å². The maximum absolute atomic E-state index is 5.26. The lowest BCUT2D eigenvalue weighted by molar-refractivity contribution is -0.0357. The molecule has 1 heterocycles. The SMILES string of the molecule is CCC[Si](C)(CCCC1COC1)c1ccccc1. The average Bonchev–Trinajstić information content (AvgIpc) is 2.34. The summed E-state index contributed by atoms with van der Waals surface area (Å²) in [6.45, 7) is 6.92. The van der Waals surface area contributed by atoms with Crippen LogP contribution in [0.2, 0.25) is 18.6 Å². The van der Waals surface area contributed by atoms with Crippen LogP contribution in [0.4, 0.5) is 0 Å². The van der Waals surface area contributed by atoms with E-state index < -0.39 is 8.07 Å². The van der Waals surface area contributed by atoms with Crippen LogP contribution in [0.25, 0.3) is 0 Å². The zero-order valence-electron chi connectivity index (χ0n) is 11.8. The van der Waals surface area contributed by atoms with Gasteiger partial charge in [0.1, 0.15) is 0 Å². The molecule has 0 aliphatic carbocycles. The number of hydrogen-bond donors (Lipinski definition) is 0. The summed E-state index contributed by atoms with van der Waals surface area (Å²) in [6, 6.07) is 14.1. The van der Waals surface area contributed by atoms with Crippen LogP contribution >= 0.6 is 0 Å². The van der Waals surface area contributed by atoms with Crippen LogP contribution in [-0.4, -0.2) is 21.3 Å². The molecule has 0 radical (unpaired) electrons. The monoisotopic (exact) mass is 262 g/mol. The lowest BCUT2D eigenvalue weighted by Gasteiger charge is -2.30. The molecule has 0 saturated carbocycles. The summed E-state index contributed by atoms with van der Waals surface area (Å²) in [4.78, 5) is 0. The van der Waals surface area contributed by atoms with Crippen molar-refractivity contribution in [3.63, 3.8) is 0 Å². The Balaban J connectivity index is 1.92. The maximum Gasteiger partial charge on any atom is 0.0836 e. The molecule has 1 aromatic rings. The van der Waals surface area contributed by atoms with Crippen molar-refractivity contribution >= 4 is 13.3 Å². The molecule has 2 heteroatoms. The van der Waals surface area contributed by atoms with E-state index >= 15 is 0 Å². The van der Waals surface area contributed by atoms with E-state index in [0.29, 0.717) is 0 Å². The van der Waals surface area contributed by atoms with E-state index in [2.05, 4.69) is 43.8 Å². The standard InChI is InChI=1S/C16H26OSi/c1-3-11-18(2,16-9-5-4-6-10-16)12-7-8-15-13-17-14-15/h4-6,9-10,15H,3,7-8,11-14H2,1-2H3. The lowest BCUT2D eigenvalue weighted by Crippen LogP contribution is -2.44. The molecular formula is C16H26OSi. The Kier molecular flexibility index (Phi) is 5.01. The molecule has 1 unspecified atom stereocenters. The number of ether oxygens (including phenoxy) is 1. The third-order valence-corrected chi connectivity index (χ3v) is 9.11. The molecule has 1 fully saturated rings. The number of benzene rings is 1. The van der Waals surface area contributed by atoms with Crippen molar-refractivity contribution in [2.45, 2.75) is 44.8 Å². The van der Waals surface area contributed by atoms with Crippen molar-refractivity contribution in [3.8, 4) is 0 Å². The predicted octanol–water partition coefficient (Wildman–Crippen LogP) is 3.81. The third kappa shape index (κ3) is 3.45. The van der Waals surface area contributed by atoms with Gasteiger partial charge in [-0.3, -0.25) is 0 Å². The quantitative estimate of drug-likeness (QED) is 0.679. The Bertz CT molecular complexity index is 347. The van der Waals surface area contributed by atoms with Crippen LogP contribution in [0.3, 0.4) is 0 Å². The van der Waals surface area contributed by atoms with Gasteiger partial charge >= 0.3 is 0 Å². The van der Waals surface area contributed by atoms with E-state index in [9.17, 15) is 0 Å². The van der Waals surface area contributed by atoms with Crippen molar-refractivity contribution in [2.75, 3.05) is 13.2 Å². The minimum Gasteiger partial charge on any atom is -0.381 e. The largest absolute Gasteiger partial charge is 0.381 e. The summed E-state index contributed by atoms with van der Waals surface area (Å²) in [5, 5.41) is 1.65. The van der Waals surface area contributed by atoms with Gasteiger partial charge in [-0.1, -0.05) is 73.9 Å². The van der Waals surface area contributed by atoms with Crippen LogP contribution in [-0.2, 0) is 4.74 Å². The molecule has 2 rings (SSSR count). The summed E-state index contributed by atoms with van der Waals surface area (Å²) < 4.78 is 5.26. The zero-order chi connectivity index (χ0) is 12.8. The second-order valence-corrected chi connectivity index (χ2v) is 10.7. The van der Waals surface area contributed by atoms with Crippen LogP contribution < -0.4 is 5.19 Å². The Labute approximate surface area is 113 Å². The molecule has 0 aromatic heterocycles. The molecule has 100 valence electrons. The molecule has 1 nitrogen and oxygen atoms in total. The molecule has 1 aromatic carbocycles. The van der Waals surface area contributed by atoms with Crippen molar-refractivity contribution in [1.82, 2.24) is 0 Å². The van der Waals surface area contributed by atoms with Gasteiger partial charge in [0.05, 0.1) is 21.3 Å². The van der Waals surface area contributed by atoms with E-state index in [4.69, 9.17) is 4.74 Å². The minimum atomic E-state index is -1.22. The highest BCUT2D eigenvalue weighted by molar-refractivity contribution is 6.90. The third-order valence-electron chi connectivity index (χ3n) is 4.32. The maximum atomic E-state index is 5.26. The van der Waals surface area contributed by atoms with Crippen LogP contribution in [0.1, 0.15) is 26.2 Å². The molecule has 18 heavy (non-hydrogen) atoms. The first-order valence-corrected chi connectivity index (χ1v) is 10.3. The highest BCUT2D eigenvalue weighted by atomic mass is 28.3. The Morgan fingerprint density at radius 1 is 1.17 bits per heavy atom. The van der Waals surface area contributed by atoms with Crippen molar-refractivity contribution < 1.29 is 4.74 Å². The van der Waals surface area contributed by atoms with Gasteiger partial charge in [0, 0.05) is 5.92 Å². The fourth-order valence-corrected chi connectivity index (χ4v) is 6.95. The van der Waals surface area contributed by atoms with Gasteiger partial charge in [-0.05, 0) is 6.42 Å². The van der Waals surface area contributed by atoms with E-state index in [1.54, 1.807) is 5.19 Å². The van der Waals surface area contributed by atoms with Crippen LogP contribution in [0.15, 0.2) is 30.3 Å². The molecule has 1 atom stereocenters. The average molecular weight is 262 g/mol. The van der Waals surface area contributed by atoms with Crippen molar-refractivity contribution in [2.24, 2.45) is 5.92 Å². The molecular weight excluding hydrogens is 236 g/mol. The molecule has 0 amide bonds. The fraction of sp³-hybridized carbons (Fsp3) is 0.625. The van der Waals surface area contributed by atoms with Gasteiger partial charge in [0.2, 0.25) is 0 Å². The Morgan fingerprint density at radius 2 is 1.89 bits per heavy atom. The van der Waals surface area contributed by atoms with E-state index in [1.807, 2.05) is 0 Å². The second-order valence-electron chi connectivity index (χ2n) is 5.97. The Morgan fingerprint density at radius 3 is 2.44 bits per heavy atom. The lowest BCUT2D eigenvalue weighted by atomic mass is 10.0. The number of hydrogen-bond acceptors (Lipinski definition) is 1. The molecule has 0 N–H and O–H groups in total. The first-order valence-electron chi connectivity index (χ1n) is 7.38. The molecule has 1 aliphatic heterocycles. The summed E-state index contributed by atoms with van der Waals surface area (Å²) in [7, 11) is -1.22. The molecule has 0 bridgehead atoms. The normalized spacial score (nSPS) is 19.2. The molecule has 1 aliphatic rings. The summed E-state index contributed by atoms with van der Waals surface area (Å²) in [6.07, 6.45) is 4.09. The van der Waals surface area contributed by atoms with Gasteiger partial charge in [0.15, 0.2) is 0 Å². The van der Waals surface area contributed by atoms with Crippen LogP contribution in [0.5, 0.6) is 0 Å². The fourth-order valence-electron chi connectivity index (χ4n) is 3.04.